The standard InChI is InChI=1S/C22H12BrN5O4S/c23-17-10-13(28(30)31)6-8-15(17)18-9-7-14(32-18)11-16-19(24)27-22(25-20(16)29)33-21(26-27)12-4-2-1-3-5-12/h1-11,24H/b16-11+,24-19?. The number of nitro benzene ring substituents is 1. The van der Waals surface area contributed by atoms with Crippen LogP contribution in [0.5, 0.6) is 0 Å². The van der Waals surface area contributed by atoms with Crippen molar-refractivity contribution in [3.8, 4) is 11.3 Å². The Morgan fingerprint density at radius 1 is 1.15 bits per heavy atom. The van der Waals surface area contributed by atoms with Crippen molar-refractivity contribution in [2.24, 2.45) is 10.1 Å². The van der Waals surface area contributed by atoms with Crippen molar-refractivity contribution in [1.82, 2.24) is 5.01 Å². The van der Waals surface area contributed by atoms with Gasteiger partial charge >= 0.3 is 0 Å². The molecule has 2 aliphatic heterocycles. The number of fused-ring (bicyclic) bond motifs is 1. The van der Waals surface area contributed by atoms with Gasteiger partial charge in [-0.3, -0.25) is 20.3 Å². The van der Waals surface area contributed by atoms with Gasteiger partial charge in [-0.1, -0.05) is 30.3 Å². The van der Waals surface area contributed by atoms with Crippen LogP contribution in [0.1, 0.15) is 11.3 Å². The van der Waals surface area contributed by atoms with E-state index in [1.54, 1.807) is 18.2 Å². The Balaban J connectivity index is 1.44. The van der Waals surface area contributed by atoms with Gasteiger partial charge in [0.25, 0.3) is 11.6 Å². The average Bonchev–Trinajstić information content (AvgIpc) is 3.44. The first-order valence-corrected chi connectivity index (χ1v) is 11.1. The van der Waals surface area contributed by atoms with E-state index < -0.39 is 10.8 Å². The van der Waals surface area contributed by atoms with E-state index in [9.17, 15) is 14.9 Å². The Labute approximate surface area is 199 Å². The number of nitrogens with zero attached hydrogens (tertiary/aromatic N) is 4. The minimum atomic E-state index is -0.558. The zero-order valence-corrected chi connectivity index (χ0v) is 19.0. The van der Waals surface area contributed by atoms with Gasteiger partial charge in [0.05, 0.1) is 10.5 Å². The van der Waals surface area contributed by atoms with E-state index in [1.165, 1.54) is 35.0 Å². The lowest BCUT2D eigenvalue weighted by molar-refractivity contribution is -0.384. The molecule has 11 heteroatoms. The fraction of sp³-hybridized carbons (Fsp3) is 0. The largest absolute Gasteiger partial charge is 0.457 e. The van der Waals surface area contributed by atoms with Gasteiger partial charge in [-0.05, 0) is 52.0 Å². The predicted octanol–water partition coefficient (Wildman–Crippen LogP) is 5.28. The highest BCUT2D eigenvalue weighted by Gasteiger charge is 2.36. The molecule has 0 saturated heterocycles. The monoisotopic (exact) mass is 521 g/mol. The zero-order chi connectivity index (χ0) is 23.1. The zero-order valence-electron chi connectivity index (χ0n) is 16.6. The Bertz CT molecular complexity index is 1430. The summed E-state index contributed by atoms with van der Waals surface area (Å²) in [4.78, 5) is 27.2. The first-order valence-electron chi connectivity index (χ1n) is 9.50. The van der Waals surface area contributed by atoms with Crippen LogP contribution in [0.2, 0.25) is 0 Å². The first-order chi connectivity index (χ1) is 15.9. The highest BCUT2D eigenvalue weighted by molar-refractivity contribution is 9.10. The van der Waals surface area contributed by atoms with Crippen LogP contribution in [0.3, 0.4) is 0 Å². The van der Waals surface area contributed by atoms with Crippen molar-refractivity contribution < 1.29 is 14.1 Å². The molecule has 0 saturated carbocycles. The number of hydrogen-bond acceptors (Lipinski definition) is 7. The number of nitro groups is 1. The van der Waals surface area contributed by atoms with E-state index in [0.29, 0.717) is 31.8 Å². The minimum Gasteiger partial charge on any atom is -0.457 e. The van der Waals surface area contributed by atoms with Crippen LogP contribution in [0, 0.1) is 15.5 Å². The molecule has 0 bridgehead atoms. The van der Waals surface area contributed by atoms with Crippen LogP contribution in [0.15, 0.2) is 85.2 Å². The van der Waals surface area contributed by atoms with Crippen molar-refractivity contribution in [1.29, 1.82) is 5.41 Å². The van der Waals surface area contributed by atoms with Crippen LogP contribution in [0.4, 0.5) is 5.69 Å². The smallest absolute Gasteiger partial charge is 0.283 e. The van der Waals surface area contributed by atoms with Crippen molar-refractivity contribution in [3.63, 3.8) is 0 Å². The summed E-state index contributed by atoms with van der Waals surface area (Å²) in [5.74, 6) is 0.125. The molecule has 0 fully saturated rings. The van der Waals surface area contributed by atoms with Crippen molar-refractivity contribution in [2.75, 3.05) is 0 Å². The summed E-state index contributed by atoms with van der Waals surface area (Å²) in [6, 6.07) is 17.1. The quantitative estimate of drug-likeness (QED) is 0.282. The van der Waals surface area contributed by atoms with Gasteiger partial charge in [-0.15, -0.1) is 0 Å². The molecule has 162 valence electrons. The molecule has 3 heterocycles. The number of aliphatic imine (C=N–C) groups is 1. The Morgan fingerprint density at radius 2 is 1.94 bits per heavy atom. The number of amides is 1. The Morgan fingerprint density at radius 3 is 2.67 bits per heavy atom. The number of carbonyl (C=O) groups excluding carboxylic acids is 1. The number of carbonyl (C=O) groups is 1. The number of halogens is 1. The fourth-order valence-electron chi connectivity index (χ4n) is 3.22. The van der Waals surface area contributed by atoms with E-state index in [2.05, 4.69) is 26.0 Å². The number of rotatable bonds is 4. The molecule has 1 aromatic heterocycles. The molecule has 9 nitrogen and oxygen atoms in total. The molecular weight excluding hydrogens is 510 g/mol. The molecule has 0 radical (unpaired) electrons. The maximum absolute atomic E-state index is 12.6. The predicted molar refractivity (Wildman–Crippen MR) is 129 cm³/mol. The van der Waals surface area contributed by atoms with Gasteiger partial charge < -0.3 is 4.42 Å². The van der Waals surface area contributed by atoms with E-state index in [0.717, 1.165) is 5.56 Å². The van der Waals surface area contributed by atoms with Crippen LogP contribution in [-0.2, 0) is 4.79 Å². The van der Waals surface area contributed by atoms with Gasteiger partial charge in [0.1, 0.15) is 16.6 Å². The topological polar surface area (TPSA) is 125 Å². The second-order valence-corrected chi connectivity index (χ2v) is 8.72. The van der Waals surface area contributed by atoms with Gasteiger partial charge in [-0.2, -0.15) is 15.1 Å². The number of thioether (sulfide) groups is 1. The lowest BCUT2D eigenvalue weighted by Gasteiger charge is -2.19. The number of hydrazone groups is 1. The summed E-state index contributed by atoms with van der Waals surface area (Å²) in [5, 5.41) is 26.2. The van der Waals surface area contributed by atoms with E-state index in [4.69, 9.17) is 9.83 Å². The van der Waals surface area contributed by atoms with Crippen LogP contribution in [0.25, 0.3) is 17.4 Å². The van der Waals surface area contributed by atoms with E-state index in [-0.39, 0.29) is 17.1 Å². The molecule has 1 amide bonds. The molecule has 2 aliphatic rings. The lowest BCUT2D eigenvalue weighted by Crippen LogP contribution is -2.35. The second-order valence-electron chi connectivity index (χ2n) is 6.91. The normalized spacial score (nSPS) is 16.6. The number of hydrogen-bond donors (Lipinski definition) is 1. The molecule has 0 spiro atoms. The summed E-state index contributed by atoms with van der Waals surface area (Å²) in [6.45, 7) is 0. The number of amidine groups is 2. The molecule has 1 N–H and O–H groups in total. The molecule has 33 heavy (non-hydrogen) atoms. The van der Waals surface area contributed by atoms with Gasteiger partial charge in [0.15, 0.2) is 5.84 Å². The second kappa shape index (κ2) is 8.26. The third kappa shape index (κ3) is 3.92. The number of nitrogens with one attached hydrogen (secondary N) is 1. The van der Waals surface area contributed by atoms with Gasteiger partial charge in [0, 0.05) is 27.7 Å². The summed E-state index contributed by atoms with van der Waals surface area (Å²) in [5.41, 5.74) is 1.48. The maximum atomic E-state index is 12.6. The van der Waals surface area contributed by atoms with E-state index >= 15 is 0 Å². The molecule has 3 aromatic rings. The van der Waals surface area contributed by atoms with E-state index in [1.807, 2.05) is 30.3 Å². The Kier molecular flexibility index (Phi) is 5.27. The molecule has 0 aliphatic carbocycles. The molecule has 0 atom stereocenters. The van der Waals surface area contributed by atoms with Crippen molar-refractivity contribution in [2.45, 2.75) is 0 Å². The highest BCUT2D eigenvalue weighted by Crippen LogP contribution is 2.34. The van der Waals surface area contributed by atoms with Crippen LogP contribution in [-0.4, -0.2) is 31.9 Å². The SMILES string of the molecule is N=C1/C(=C\c2ccc(-c3ccc([N+](=O)[O-])cc3Br)o2)C(=O)N=C2SC(c3ccccc3)=NN12. The first kappa shape index (κ1) is 21.0. The number of furan rings is 1. The molecule has 0 unspecified atom stereocenters. The summed E-state index contributed by atoms with van der Waals surface area (Å²) >= 11 is 4.56. The summed E-state index contributed by atoms with van der Waals surface area (Å²) in [7, 11) is 0. The van der Waals surface area contributed by atoms with Crippen molar-refractivity contribution in [3.05, 3.63) is 92.1 Å². The lowest BCUT2D eigenvalue weighted by atomic mass is 10.1. The third-order valence-electron chi connectivity index (χ3n) is 4.82. The fourth-order valence-corrected chi connectivity index (χ4v) is 4.68. The van der Waals surface area contributed by atoms with Gasteiger partial charge in [0.2, 0.25) is 5.17 Å². The van der Waals surface area contributed by atoms with Crippen molar-refractivity contribution >= 4 is 61.4 Å². The maximum Gasteiger partial charge on any atom is 0.283 e. The number of non-ortho nitro benzene ring substituents is 1. The molecular formula is C22H12BrN5O4S. The van der Waals surface area contributed by atoms with Crippen LogP contribution >= 0.6 is 27.7 Å². The molecule has 2 aromatic carbocycles. The summed E-state index contributed by atoms with van der Waals surface area (Å²) < 4.78 is 6.32. The number of benzene rings is 2. The van der Waals surface area contributed by atoms with Gasteiger partial charge in [-0.25, -0.2) is 0 Å². The van der Waals surface area contributed by atoms with Crippen LogP contribution < -0.4 is 0 Å². The highest BCUT2D eigenvalue weighted by atomic mass is 79.9. The Hall–Kier alpha value is -3.83. The summed E-state index contributed by atoms with van der Waals surface area (Å²) in [6.07, 6.45) is 1.44. The minimum absolute atomic E-state index is 0.0427. The molecule has 5 rings (SSSR count). The average molecular weight is 522 g/mol. The third-order valence-corrected chi connectivity index (χ3v) is 6.43.